The molecule has 0 saturated heterocycles. The Morgan fingerprint density at radius 2 is 1.55 bits per heavy atom. The molecular formula is C34H47N3O5. The van der Waals surface area contributed by atoms with Gasteiger partial charge >= 0.3 is 5.97 Å². The van der Waals surface area contributed by atoms with Crippen molar-refractivity contribution in [2.75, 3.05) is 6.54 Å². The molecule has 1 atom stereocenters. The summed E-state index contributed by atoms with van der Waals surface area (Å²) in [6, 6.07) is 13.6. The highest BCUT2D eigenvalue weighted by atomic mass is 16.5. The van der Waals surface area contributed by atoms with Gasteiger partial charge in [-0.2, -0.15) is 0 Å². The zero-order valence-corrected chi connectivity index (χ0v) is 25.3. The summed E-state index contributed by atoms with van der Waals surface area (Å²) in [5.74, 6) is -0.522. The fourth-order valence-electron chi connectivity index (χ4n) is 4.78. The van der Waals surface area contributed by atoms with Crippen molar-refractivity contribution in [1.29, 1.82) is 0 Å². The minimum absolute atomic E-state index is 0.117. The van der Waals surface area contributed by atoms with Gasteiger partial charge in [0, 0.05) is 13.0 Å². The highest BCUT2D eigenvalue weighted by Crippen LogP contribution is 2.20. The predicted octanol–water partition coefficient (Wildman–Crippen LogP) is 7.05. The van der Waals surface area contributed by atoms with Crippen LogP contribution in [0.3, 0.4) is 0 Å². The normalized spacial score (nSPS) is 11.8. The molecule has 0 unspecified atom stereocenters. The number of benzene rings is 2. The van der Waals surface area contributed by atoms with E-state index in [0.29, 0.717) is 35.5 Å². The number of ether oxygens (including phenoxy) is 1. The zero-order chi connectivity index (χ0) is 30.0. The zero-order valence-electron chi connectivity index (χ0n) is 25.3. The molecule has 1 aromatic heterocycles. The van der Waals surface area contributed by atoms with E-state index in [1.165, 1.54) is 25.7 Å². The Morgan fingerprint density at radius 1 is 0.857 bits per heavy atom. The molecule has 0 radical (unpaired) electrons. The molecule has 1 heterocycles. The van der Waals surface area contributed by atoms with E-state index in [0.717, 1.165) is 50.5 Å². The topological polar surface area (TPSA) is 111 Å². The number of hydrogen-bond acceptors (Lipinski definition) is 6. The molecular weight excluding hydrogens is 530 g/mol. The van der Waals surface area contributed by atoms with Crippen molar-refractivity contribution in [3.8, 4) is 0 Å². The lowest BCUT2D eigenvalue weighted by molar-refractivity contribution is -0.129. The van der Waals surface area contributed by atoms with Crippen molar-refractivity contribution in [2.24, 2.45) is 0 Å². The van der Waals surface area contributed by atoms with Gasteiger partial charge in [-0.1, -0.05) is 102 Å². The van der Waals surface area contributed by atoms with Crippen LogP contribution in [0.1, 0.15) is 113 Å². The molecule has 0 fully saturated rings. The largest absolute Gasteiger partial charge is 0.457 e. The second-order valence-electron chi connectivity index (χ2n) is 10.9. The number of nitrogens with zero attached hydrogens (tertiary/aromatic N) is 1. The minimum atomic E-state index is -0.795. The summed E-state index contributed by atoms with van der Waals surface area (Å²) in [6.07, 6.45) is 12.5. The van der Waals surface area contributed by atoms with E-state index >= 15 is 0 Å². The van der Waals surface area contributed by atoms with Crippen LogP contribution in [-0.2, 0) is 27.4 Å². The summed E-state index contributed by atoms with van der Waals surface area (Å²) in [5, 5.41) is 5.87. The van der Waals surface area contributed by atoms with Gasteiger partial charge in [0.25, 0.3) is 0 Å². The summed E-state index contributed by atoms with van der Waals surface area (Å²) in [7, 11) is 0. The van der Waals surface area contributed by atoms with E-state index < -0.39 is 12.0 Å². The van der Waals surface area contributed by atoms with E-state index in [1.807, 2.05) is 30.3 Å². The fourth-order valence-corrected chi connectivity index (χ4v) is 4.78. The fraction of sp³-hybridized carbons (Fsp3) is 0.529. The highest BCUT2D eigenvalue weighted by Gasteiger charge is 2.24. The van der Waals surface area contributed by atoms with Crippen molar-refractivity contribution < 1.29 is 23.5 Å². The first-order valence-corrected chi connectivity index (χ1v) is 15.7. The third-order valence-electron chi connectivity index (χ3n) is 7.25. The number of rotatable bonds is 20. The van der Waals surface area contributed by atoms with Gasteiger partial charge < -0.3 is 19.8 Å². The maximum atomic E-state index is 13.1. The first-order valence-electron chi connectivity index (χ1n) is 15.7. The van der Waals surface area contributed by atoms with Crippen molar-refractivity contribution in [3.63, 3.8) is 0 Å². The van der Waals surface area contributed by atoms with E-state index in [4.69, 9.17) is 9.15 Å². The van der Waals surface area contributed by atoms with Crippen molar-refractivity contribution >= 4 is 28.9 Å². The Bertz CT molecular complexity index is 1240. The van der Waals surface area contributed by atoms with Gasteiger partial charge in [-0.25, -0.2) is 9.78 Å². The van der Waals surface area contributed by atoms with Crippen LogP contribution in [0.4, 0.5) is 0 Å². The quantitative estimate of drug-likeness (QED) is 0.110. The van der Waals surface area contributed by atoms with E-state index in [1.54, 1.807) is 18.2 Å². The van der Waals surface area contributed by atoms with Gasteiger partial charge in [-0.3, -0.25) is 9.59 Å². The molecule has 0 aliphatic heterocycles. The van der Waals surface area contributed by atoms with Gasteiger partial charge in [0.05, 0.1) is 12.0 Å². The third-order valence-corrected chi connectivity index (χ3v) is 7.25. The van der Waals surface area contributed by atoms with Crippen LogP contribution in [0.5, 0.6) is 0 Å². The third kappa shape index (κ3) is 11.7. The predicted molar refractivity (Wildman–Crippen MR) is 165 cm³/mol. The van der Waals surface area contributed by atoms with E-state index in [-0.39, 0.29) is 24.8 Å². The molecule has 0 spiro atoms. The Kier molecular flexibility index (Phi) is 14.6. The van der Waals surface area contributed by atoms with Gasteiger partial charge in [-0.15, -0.1) is 0 Å². The maximum absolute atomic E-state index is 13.1. The summed E-state index contributed by atoms with van der Waals surface area (Å²) < 4.78 is 11.3. The molecule has 3 rings (SSSR count). The van der Waals surface area contributed by atoms with Crippen LogP contribution in [0.25, 0.3) is 11.1 Å². The van der Waals surface area contributed by atoms with Crippen molar-refractivity contribution in [2.45, 2.75) is 110 Å². The number of aromatic nitrogens is 1. The molecule has 2 amide bonds. The molecule has 228 valence electrons. The average Bonchev–Trinajstić information content (AvgIpc) is 3.41. The van der Waals surface area contributed by atoms with Crippen LogP contribution in [0.2, 0.25) is 0 Å². The monoisotopic (exact) mass is 577 g/mol. The second kappa shape index (κ2) is 18.7. The molecule has 2 aromatic carbocycles. The number of nitrogens with one attached hydrogen (secondary N) is 2. The summed E-state index contributed by atoms with van der Waals surface area (Å²) in [5.41, 5.74) is 2.26. The number of oxazole rings is 1. The van der Waals surface area contributed by atoms with Gasteiger partial charge in [0.1, 0.15) is 18.2 Å². The van der Waals surface area contributed by atoms with Crippen LogP contribution in [-0.4, -0.2) is 35.4 Å². The molecule has 0 saturated carbocycles. The Labute approximate surface area is 250 Å². The lowest BCUT2D eigenvalue weighted by Crippen LogP contribution is -2.48. The van der Waals surface area contributed by atoms with Crippen LogP contribution in [0.15, 0.2) is 52.9 Å². The van der Waals surface area contributed by atoms with Crippen molar-refractivity contribution in [3.05, 3.63) is 65.5 Å². The minimum Gasteiger partial charge on any atom is -0.457 e. The smallest absolute Gasteiger partial charge is 0.338 e. The number of fused-ring (bicyclic) bond motifs is 1. The highest BCUT2D eigenvalue weighted by molar-refractivity contribution is 5.93. The van der Waals surface area contributed by atoms with Crippen molar-refractivity contribution in [1.82, 2.24) is 15.6 Å². The van der Waals surface area contributed by atoms with Crippen LogP contribution >= 0.6 is 0 Å². The lowest BCUT2D eigenvalue weighted by atomic mass is 10.1. The molecule has 8 heteroatoms. The summed E-state index contributed by atoms with van der Waals surface area (Å²) in [4.78, 5) is 43.0. The van der Waals surface area contributed by atoms with E-state index in [9.17, 15) is 14.4 Å². The van der Waals surface area contributed by atoms with E-state index in [2.05, 4.69) is 29.5 Å². The number of hydrogen-bond donors (Lipinski definition) is 2. The Balaban J connectivity index is 1.59. The summed E-state index contributed by atoms with van der Waals surface area (Å²) in [6.45, 7) is 5.08. The summed E-state index contributed by atoms with van der Waals surface area (Å²) >= 11 is 0. The number of amides is 2. The van der Waals surface area contributed by atoms with Crippen LogP contribution < -0.4 is 10.6 Å². The number of carbonyl (C=O) groups excluding carboxylic acids is 3. The second-order valence-corrected chi connectivity index (χ2v) is 10.9. The molecule has 42 heavy (non-hydrogen) atoms. The first kappa shape index (κ1) is 32.8. The SMILES string of the molecule is CCCCCCCCCC(=O)N[C@@H](Cc1nc2cc(C(=O)OCc3ccccc3)ccc2o1)C(=O)NCCCCCC. The molecule has 8 nitrogen and oxygen atoms in total. The number of esters is 1. The lowest BCUT2D eigenvalue weighted by Gasteiger charge is -2.17. The molecule has 3 aromatic rings. The molecule has 0 aliphatic carbocycles. The molecule has 2 N–H and O–H groups in total. The standard InChI is InChI=1S/C34H47N3O5/c1-3-5-7-9-10-11-15-19-31(38)36-29(33(39)35-22-16-8-6-4-2)24-32-37-28-23-27(20-21-30(28)42-32)34(40)41-25-26-17-13-12-14-18-26/h12-14,17-18,20-21,23,29H,3-11,15-16,19,22,24-25H2,1-2H3,(H,35,39)(H,36,38)/t29-/m0/s1. The maximum Gasteiger partial charge on any atom is 0.338 e. The van der Waals surface area contributed by atoms with Gasteiger partial charge in [0.2, 0.25) is 11.8 Å². The van der Waals surface area contributed by atoms with Gasteiger partial charge in [-0.05, 0) is 36.6 Å². The average molecular weight is 578 g/mol. The first-order chi connectivity index (χ1) is 20.5. The Morgan fingerprint density at radius 3 is 2.29 bits per heavy atom. The molecule has 0 aliphatic rings. The van der Waals surface area contributed by atoms with Crippen LogP contribution in [0, 0.1) is 0 Å². The number of carbonyl (C=O) groups is 3. The number of unbranched alkanes of at least 4 members (excludes halogenated alkanes) is 9. The molecule has 0 bridgehead atoms. The Hall–Kier alpha value is -3.68. The van der Waals surface area contributed by atoms with Gasteiger partial charge in [0.15, 0.2) is 11.5 Å².